The van der Waals surface area contributed by atoms with Gasteiger partial charge in [-0.15, -0.1) is 0 Å². The van der Waals surface area contributed by atoms with Crippen LogP contribution in [0.15, 0.2) is 42.5 Å². The molecule has 1 aliphatic carbocycles. The topological polar surface area (TPSA) is 49.8 Å². The zero-order valence-electron chi connectivity index (χ0n) is 18.2. The van der Waals surface area contributed by atoms with E-state index < -0.39 is 5.97 Å². The maximum Gasteiger partial charge on any atom is 0.307 e. The Morgan fingerprint density at radius 3 is 2.48 bits per heavy atom. The van der Waals surface area contributed by atoms with Crippen molar-refractivity contribution in [2.24, 2.45) is 11.8 Å². The first-order chi connectivity index (χ1) is 15.0. The van der Waals surface area contributed by atoms with E-state index in [2.05, 4.69) is 6.92 Å². The van der Waals surface area contributed by atoms with Crippen LogP contribution in [-0.2, 0) is 11.3 Å². The van der Waals surface area contributed by atoms with E-state index in [9.17, 15) is 9.90 Å². The lowest BCUT2D eigenvalue weighted by Crippen LogP contribution is -2.23. The highest BCUT2D eigenvalue weighted by Crippen LogP contribution is 2.31. The second kappa shape index (κ2) is 9.82. The van der Waals surface area contributed by atoms with Gasteiger partial charge in [-0.3, -0.25) is 9.69 Å². The summed E-state index contributed by atoms with van der Waals surface area (Å²) < 4.78 is 21.4. The van der Waals surface area contributed by atoms with Crippen molar-refractivity contribution in [3.63, 3.8) is 0 Å². The SMILES string of the molecule is CC[C@H]1CC[C@H](Oc2ccc(-c3cccc(CN4CCC(C(=O)O)C4)c3F)cc2)CC1. The standard InChI is InChI=1S/C26H32FNO3/c1-2-18-6-10-22(11-7-18)31-23-12-8-19(9-13-23)24-5-3-4-20(25(24)27)16-28-15-14-21(17-28)26(29)30/h3-5,8-9,12-13,18,21-22H,2,6-7,10-11,14-17H2,1H3,(H,29,30)/t18-,21?,22-. The summed E-state index contributed by atoms with van der Waals surface area (Å²) in [5, 5.41) is 9.18. The summed E-state index contributed by atoms with van der Waals surface area (Å²) in [6.07, 6.45) is 6.85. The summed E-state index contributed by atoms with van der Waals surface area (Å²) in [5.74, 6) is 0.339. The molecule has 2 aliphatic rings. The summed E-state index contributed by atoms with van der Waals surface area (Å²) in [6.45, 7) is 3.86. The minimum atomic E-state index is -0.766. The highest BCUT2D eigenvalue weighted by Gasteiger charge is 2.28. The van der Waals surface area contributed by atoms with Crippen molar-refractivity contribution in [2.75, 3.05) is 13.1 Å². The number of halogens is 1. The molecule has 166 valence electrons. The largest absolute Gasteiger partial charge is 0.490 e. The van der Waals surface area contributed by atoms with Gasteiger partial charge < -0.3 is 9.84 Å². The molecule has 0 radical (unpaired) electrons. The quantitative estimate of drug-likeness (QED) is 0.614. The van der Waals surface area contributed by atoms with E-state index in [1.165, 1.54) is 19.3 Å². The first-order valence-corrected chi connectivity index (χ1v) is 11.5. The third-order valence-electron chi connectivity index (χ3n) is 6.93. The van der Waals surface area contributed by atoms with Crippen LogP contribution in [0.4, 0.5) is 4.39 Å². The van der Waals surface area contributed by atoms with Crippen molar-refractivity contribution in [3.05, 3.63) is 53.8 Å². The van der Waals surface area contributed by atoms with Crippen LogP contribution in [0.25, 0.3) is 11.1 Å². The predicted octanol–water partition coefficient (Wildman–Crippen LogP) is 5.75. The molecule has 5 heteroatoms. The maximum absolute atomic E-state index is 15.2. The molecule has 0 aromatic heterocycles. The van der Waals surface area contributed by atoms with Crippen LogP contribution < -0.4 is 4.74 Å². The van der Waals surface area contributed by atoms with E-state index in [-0.39, 0.29) is 17.8 Å². The van der Waals surface area contributed by atoms with E-state index in [1.54, 1.807) is 12.1 Å². The average molecular weight is 426 g/mol. The first kappa shape index (κ1) is 21.8. The summed E-state index contributed by atoms with van der Waals surface area (Å²) in [4.78, 5) is 13.2. The average Bonchev–Trinajstić information content (AvgIpc) is 3.25. The van der Waals surface area contributed by atoms with E-state index in [4.69, 9.17) is 4.74 Å². The fraction of sp³-hybridized carbons (Fsp3) is 0.500. The lowest BCUT2D eigenvalue weighted by atomic mass is 9.86. The van der Waals surface area contributed by atoms with Gasteiger partial charge in [-0.1, -0.05) is 43.7 Å². The molecule has 2 aromatic carbocycles. The molecule has 2 fully saturated rings. The van der Waals surface area contributed by atoms with Gasteiger partial charge in [0.15, 0.2) is 0 Å². The van der Waals surface area contributed by atoms with Crippen molar-refractivity contribution in [3.8, 4) is 16.9 Å². The third-order valence-corrected chi connectivity index (χ3v) is 6.93. The molecular formula is C26H32FNO3. The molecule has 4 rings (SSSR count). The molecule has 1 atom stereocenters. The van der Waals surface area contributed by atoms with Gasteiger partial charge >= 0.3 is 5.97 Å². The second-order valence-electron chi connectivity index (χ2n) is 9.03. The number of carboxylic acid groups (broad SMARTS) is 1. The molecular weight excluding hydrogens is 393 g/mol. The number of ether oxygens (including phenoxy) is 1. The lowest BCUT2D eigenvalue weighted by molar-refractivity contribution is -0.141. The molecule has 1 saturated heterocycles. The minimum absolute atomic E-state index is 0.229. The number of rotatable bonds is 7. The number of carbonyl (C=O) groups is 1. The Hall–Kier alpha value is -2.40. The van der Waals surface area contributed by atoms with Crippen LogP contribution in [0.1, 0.15) is 51.0 Å². The zero-order valence-corrected chi connectivity index (χ0v) is 18.2. The van der Waals surface area contributed by atoms with Crippen LogP contribution in [0.5, 0.6) is 5.75 Å². The first-order valence-electron chi connectivity index (χ1n) is 11.5. The van der Waals surface area contributed by atoms with Crippen molar-refractivity contribution >= 4 is 5.97 Å². The van der Waals surface area contributed by atoms with Gasteiger partial charge in [0.05, 0.1) is 12.0 Å². The molecule has 0 amide bonds. The smallest absolute Gasteiger partial charge is 0.307 e. The fourth-order valence-corrected chi connectivity index (χ4v) is 4.91. The van der Waals surface area contributed by atoms with Crippen LogP contribution in [0, 0.1) is 17.7 Å². The van der Waals surface area contributed by atoms with Gasteiger partial charge in [0.2, 0.25) is 0 Å². The van der Waals surface area contributed by atoms with Crippen LogP contribution in [-0.4, -0.2) is 35.2 Å². The Kier molecular flexibility index (Phi) is 6.91. The number of benzene rings is 2. The molecule has 2 aromatic rings. The van der Waals surface area contributed by atoms with Gasteiger partial charge in [0.1, 0.15) is 11.6 Å². The van der Waals surface area contributed by atoms with Crippen LogP contribution in [0.3, 0.4) is 0 Å². The Morgan fingerprint density at radius 1 is 1.10 bits per heavy atom. The molecule has 0 bridgehead atoms. The van der Waals surface area contributed by atoms with Gasteiger partial charge in [0.25, 0.3) is 0 Å². The van der Waals surface area contributed by atoms with Gasteiger partial charge in [0, 0.05) is 24.2 Å². The van der Waals surface area contributed by atoms with Crippen LogP contribution in [0.2, 0.25) is 0 Å². The highest BCUT2D eigenvalue weighted by molar-refractivity contribution is 5.70. The zero-order chi connectivity index (χ0) is 21.8. The van der Waals surface area contributed by atoms with Crippen molar-refractivity contribution in [1.29, 1.82) is 0 Å². The number of likely N-dealkylation sites (tertiary alicyclic amines) is 1. The lowest BCUT2D eigenvalue weighted by Gasteiger charge is -2.28. The maximum atomic E-state index is 15.2. The van der Waals surface area contributed by atoms with Crippen LogP contribution >= 0.6 is 0 Å². The molecule has 1 N–H and O–H groups in total. The monoisotopic (exact) mass is 425 g/mol. The number of nitrogens with zero attached hydrogens (tertiary/aromatic N) is 1. The number of hydrogen-bond acceptors (Lipinski definition) is 3. The summed E-state index contributed by atoms with van der Waals surface area (Å²) in [7, 11) is 0. The molecule has 1 aliphatic heterocycles. The second-order valence-corrected chi connectivity index (χ2v) is 9.03. The van der Waals surface area contributed by atoms with Crippen molar-refractivity contribution < 1.29 is 19.0 Å². The summed E-state index contributed by atoms with van der Waals surface area (Å²) in [5.41, 5.74) is 2.00. The molecule has 1 unspecified atom stereocenters. The molecule has 31 heavy (non-hydrogen) atoms. The van der Waals surface area contributed by atoms with Crippen molar-refractivity contribution in [1.82, 2.24) is 4.90 Å². The van der Waals surface area contributed by atoms with Crippen molar-refractivity contribution in [2.45, 2.75) is 58.1 Å². The predicted molar refractivity (Wildman–Crippen MR) is 120 cm³/mol. The molecule has 1 saturated carbocycles. The van der Waals surface area contributed by atoms with E-state index in [1.807, 2.05) is 35.2 Å². The normalized spacial score (nSPS) is 24.3. The van der Waals surface area contributed by atoms with Gasteiger partial charge in [-0.25, -0.2) is 4.39 Å². The van der Waals surface area contributed by atoms with Gasteiger partial charge in [-0.05, 0) is 62.3 Å². The van der Waals surface area contributed by atoms with E-state index >= 15 is 4.39 Å². The fourth-order valence-electron chi connectivity index (χ4n) is 4.91. The highest BCUT2D eigenvalue weighted by atomic mass is 19.1. The number of hydrogen-bond donors (Lipinski definition) is 1. The van der Waals surface area contributed by atoms with Gasteiger partial charge in [-0.2, -0.15) is 0 Å². The Morgan fingerprint density at radius 2 is 1.84 bits per heavy atom. The third kappa shape index (κ3) is 5.27. The minimum Gasteiger partial charge on any atom is -0.490 e. The molecule has 4 nitrogen and oxygen atoms in total. The number of aliphatic carboxylic acids is 1. The molecule has 1 heterocycles. The van der Waals surface area contributed by atoms with E-state index in [0.29, 0.717) is 37.2 Å². The number of carboxylic acids is 1. The summed E-state index contributed by atoms with van der Waals surface area (Å²) >= 11 is 0. The Labute approximate surface area is 184 Å². The van der Waals surface area contributed by atoms with E-state index in [0.717, 1.165) is 30.1 Å². The summed E-state index contributed by atoms with van der Waals surface area (Å²) in [6, 6.07) is 13.2. The Balaban J connectivity index is 1.40. The Bertz CT molecular complexity index is 890. The molecule has 0 spiro atoms.